The molecule has 5 nitrogen and oxygen atoms in total. The summed E-state index contributed by atoms with van der Waals surface area (Å²) < 4.78 is 10.3. The van der Waals surface area contributed by atoms with Crippen molar-refractivity contribution in [2.75, 3.05) is 6.61 Å². The fourth-order valence-electron chi connectivity index (χ4n) is 3.97. The van der Waals surface area contributed by atoms with Crippen molar-refractivity contribution >= 4 is 12.6 Å². The molecule has 2 heterocycles. The summed E-state index contributed by atoms with van der Waals surface area (Å²) in [4.78, 5) is 24.4. The van der Waals surface area contributed by atoms with Gasteiger partial charge in [0.05, 0.1) is 11.6 Å². The van der Waals surface area contributed by atoms with E-state index >= 15 is 0 Å². The number of amides is 1. The van der Waals surface area contributed by atoms with E-state index in [-0.39, 0.29) is 23.8 Å². The molecular weight excluding hydrogens is 234 g/mol. The molecule has 18 heavy (non-hydrogen) atoms. The fourth-order valence-corrected chi connectivity index (χ4v) is 3.97. The van der Waals surface area contributed by atoms with Crippen LogP contribution in [-0.4, -0.2) is 41.8 Å². The van der Waals surface area contributed by atoms with Gasteiger partial charge in [-0.3, -0.25) is 9.69 Å². The van der Waals surface area contributed by atoms with Crippen molar-refractivity contribution in [3.8, 4) is 0 Å². The Balaban J connectivity index is 1.82. The second kappa shape index (κ2) is 4.44. The first-order valence-electron chi connectivity index (χ1n) is 6.80. The largest absolute Gasteiger partial charge is 0.464 e. The molecule has 3 rings (SSSR count). The lowest BCUT2D eigenvalue weighted by atomic mass is 9.72. The lowest BCUT2D eigenvalue weighted by Gasteiger charge is -2.50. The number of hydrogen-bond donors (Lipinski definition) is 0. The molecule has 3 atom stereocenters. The number of carbonyl (C=O) groups excluding carboxylic acids is 2. The minimum absolute atomic E-state index is 0.0385. The smallest absolute Gasteiger partial charge is 0.410 e. The molecule has 2 saturated heterocycles. The summed E-state index contributed by atoms with van der Waals surface area (Å²) >= 11 is 0. The topological polar surface area (TPSA) is 55.8 Å². The molecule has 1 spiro atoms. The highest BCUT2D eigenvalue weighted by atomic mass is 16.6. The zero-order valence-electron chi connectivity index (χ0n) is 10.5. The fraction of sp³-hybridized carbons (Fsp3) is 0.846. The normalized spacial score (nSPS) is 39.3. The molecule has 3 fully saturated rings. The van der Waals surface area contributed by atoms with Gasteiger partial charge in [-0.05, 0) is 38.5 Å². The molecule has 0 radical (unpaired) electrons. The van der Waals surface area contributed by atoms with E-state index in [2.05, 4.69) is 0 Å². The van der Waals surface area contributed by atoms with Crippen LogP contribution in [0.5, 0.6) is 0 Å². The van der Waals surface area contributed by atoms with E-state index in [1.54, 1.807) is 0 Å². The highest BCUT2D eigenvalue weighted by Gasteiger charge is 2.52. The zero-order valence-corrected chi connectivity index (χ0v) is 10.5. The number of nitrogens with zero attached hydrogens (tertiary/aromatic N) is 1. The summed E-state index contributed by atoms with van der Waals surface area (Å²) in [5, 5.41) is 0. The van der Waals surface area contributed by atoms with Gasteiger partial charge in [0, 0.05) is 6.42 Å². The summed E-state index contributed by atoms with van der Waals surface area (Å²) in [6.45, 7) is 1.06. The van der Waals surface area contributed by atoms with Gasteiger partial charge in [-0.25, -0.2) is 4.79 Å². The van der Waals surface area contributed by atoms with E-state index in [4.69, 9.17) is 9.47 Å². The van der Waals surface area contributed by atoms with Gasteiger partial charge in [0.25, 0.3) is 6.47 Å². The van der Waals surface area contributed by atoms with E-state index in [1.165, 1.54) is 0 Å². The molecule has 1 saturated carbocycles. The average molecular weight is 253 g/mol. The van der Waals surface area contributed by atoms with Crippen molar-refractivity contribution in [3.05, 3.63) is 0 Å². The molecule has 0 N–H and O–H groups in total. The van der Waals surface area contributed by atoms with Gasteiger partial charge in [0.15, 0.2) is 0 Å². The summed E-state index contributed by atoms with van der Waals surface area (Å²) in [6.07, 6.45) is 6.67. The van der Waals surface area contributed by atoms with Gasteiger partial charge in [-0.1, -0.05) is 0 Å². The Morgan fingerprint density at radius 3 is 2.89 bits per heavy atom. The lowest BCUT2D eigenvalue weighted by Crippen LogP contribution is -2.58. The van der Waals surface area contributed by atoms with Crippen LogP contribution in [-0.2, 0) is 14.3 Å². The number of piperidine rings is 1. The minimum atomic E-state index is -0.175. The first-order chi connectivity index (χ1) is 8.75. The molecule has 0 bridgehead atoms. The van der Waals surface area contributed by atoms with Crippen molar-refractivity contribution in [1.29, 1.82) is 0 Å². The third-order valence-corrected chi connectivity index (χ3v) is 4.68. The Morgan fingerprint density at radius 2 is 2.11 bits per heavy atom. The quantitative estimate of drug-likeness (QED) is 0.705. The number of cyclic esters (lactones) is 1. The molecule has 3 aliphatic rings. The highest BCUT2D eigenvalue weighted by molar-refractivity contribution is 5.71. The molecule has 2 aliphatic heterocycles. The predicted molar refractivity (Wildman–Crippen MR) is 63.0 cm³/mol. The number of fused-ring (bicyclic) bond motifs is 2. The maximum atomic E-state index is 11.9. The molecule has 100 valence electrons. The Bertz CT molecular complexity index is 355. The molecule has 1 aliphatic carbocycles. The molecular formula is C13H19NO4. The Kier molecular flexibility index (Phi) is 2.92. The SMILES string of the molecule is O=CO[C@@H]1CCC[C@@]2(CCC[C@@H]3COC(=O)N32)C1. The van der Waals surface area contributed by atoms with E-state index in [1.807, 2.05) is 4.90 Å². The second-order valence-electron chi connectivity index (χ2n) is 5.67. The van der Waals surface area contributed by atoms with Gasteiger partial charge < -0.3 is 9.47 Å². The molecule has 0 aromatic carbocycles. The van der Waals surface area contributed by atoms with Crippen molar-refractivity contribution < 1.29 is 19.1 Å². The van der Waals surface area contributed by atoms with Crippen LogP contribution < -0.4 is 0 Å². The van der Waals surface area contributed by atoms with E-state index in [0.29, 0.717) is 13.1 Å². The summed E-state index contributed by atoms with van der Waals surface area (Å²) in [6, 6.07) is 0.237. The first-order valence-corrected chi connectivity index (χ1v) is 6.80. The van der Waals surface area contributed by atoms with Gasteiger partial charge in [0.1, 0.15) is 12.7 Å². The number of ether oxygens (including phenoxy) is 2. The average Bonchev–Trinajstić information content (AvgIpc) is 2.74. The molecule has 0 unspecified atom stereocenters. The summed E-state index contributed by atoms with van der Waals surface area (Å²) in [7, 11) is 0. The van der Waals surface area contributed by atoms with Gasteiger partial charge in [-0.15, -0.1) is 0 Å². The van der Waals surface area contributed by atoms with Crippen molar-refractivity contribution in [3.63, 3.8) is 0 Å². The van der Waals surface area contributed by atoms with Crippen LogP contribution in [0.15, 0.2) is 0 Å². The van der Waals surface area contributed by atoms with Crippen LogP contribution >= 0.6 is 0 Å². The van der Waals surface area contributed by atoms with Crippen LogP contribution in [0.3, 0.4) is 0 Å². The van der Waals surface area contributed by atoms with Gasteiger partial charge in [0.2, 0.25) is 0 Å². The standard InChI is InChI=1S/C13H19NO4/c15-9-18-11-4-2-6-13(7-11)5-1-3-10-8-17-12(16)14(10)13/h9-11H,1-8H2/t10-,11-,13+/m1/s1. The maximum Gasteiger partial charge on any atom is 0.410 e. The molecule has 5 heteroatoms. The number of hydrogen-bond acceptors (Lipinski definition) is 4. The van der Waals surface area contributed by atoms with Crippen LogP contribution in [0, 0.1) is 0 Å². The van der Waals surface area contributed by atoms with Crippen LogP contribution in [0.2, 0.25) is 0 Å². The number of carbonyl (C=O) groups is 2. The first kappa shape index (κ1) is 11.8. The third-order valence-electron chi connectivity index (χ3n) is 4.68. The summed E-state index contributed by atoms with van der Waals surface area (Å²) in [5.41, 5.74) is -0.123. The zero-order chi connectivity index (χ0) is 12.6. The summed E-state index contributed by atoms with van der Waals surface area (Å²) in [5.74, 6) is 0. The van der Waals surface area contributed by atoms with Crippen molar-refractivity contribution in [2.24, 2.45) is 0 Å². The van der Waals surface area contributed by atoms with Crippen LogP contribution in [0.1, 0.15) is 44.9 Å². The Labute approximate surface area is 106 Å². The van der Waals surface area contributed by atoms with Crippen molar-refractivity contribution in [2.45, 2.75) is 62.6 Å². The van der Waals surface area contributed by atoms with E-state index in [9.17, 15) is 9.59 Å². The van der Waals surface area contributed by atoms with Crippen molar-refractivity contribution in [1.82, 2.24) is 4.90 Å². The molecule has 0 aromatic heterocycles. The molecule has 1 amide bonds. The maximum absolute atomic E-state index is 11.9. The monoisotopic (exact) mass is 253 g/mol. The third kappa shape index (κ3) is 1.76. The highest BCUT2D eigenvalue weighted by Crippen LogP contribution is 2.45. The second-order valence-corrected chi connectivity index (χ2v) is 5.67. The minimum Gasteiger partial charge on any atom is -0.464 e. The predicted octanol–water partition coefficient (Wildman–Crippen LogP) is 1.85. The van der Waals surface area contributed by atoms with Gasteiger partial charge in [-0.2, -0.15) is 0 Å². The van der Waals surface area contributed by atoms with E-state index < -0.39 is 0 Å². The number of rotatable bonds is 2. The van der Waals surface area contributed by atoms with E-state index in [0.717, 1.165) is 44.9 Å². The van der Waals surface area contributed by atoms with Gasteiger partial charge >= 0.3 is 6.09 Å². The van der Waals surface area contributed by atoms with Crippen LogP contribution in [0.4, 0.5) is 4.79 Å². The lowest BCUT2D eigenvalue weighted by molar-refractivity contribution is -0.138. The Hall–Kier alpha value is -1.26. The Morgan fingerprint density at radius 1 is 1.33 bits per heavy atom. The molecule has 0 aromatic rings. The van der Waals surface area contributed by atoms with Crippen LogP contribution in [0.25, 0.3) is 0 Å².